The lowest BCUT2D eigenvalue weighted by molar-refractivity contribution is -0.122. The molecule has 1 aromatic heterocycles. The Kier molecular flexibility index (Phi) is 9.12. The molecule has 1 aliphatic heterocycles. The van der Waals surface area contributed by atoms with Gasteiger partial charge in [-0.05, 0) is 91.5 Å². The van der Waals surface area contributed by atoms with E-state index in [0.29, 0.717) is 29.9 Å². The van der Waals surface area contributed by atoms with Crippen molar-refractivity contribution >= 4 is 6.47 Å². The average molecular weight is 508 g/mol. The largest absolute Gasteiger partial charge is 0.489 e. The van der Waals surface area contributed by atoms with Gasteiger partial charge in [-0.1, -0.05) is 19.1 Å². The van der Waals surface area contributed by atoms with E-state index in [1.54, 1.807) is 6.07 Å². The van der Waals surface area contributed by atoms with Crippen molar-refractivity contribution in [1.29, 1.82) is 0 Å². The molecule has 3 aromatic rings. The molecule has 7 heteroatoms. The topological polar surface area (TPSA) is 77.9 Å². The highest BCUT2D eigenvalue weighted by atomic mass is 19.1. The van der Waals surface area contributed by atoms with Crippen molar-refractivity contribution in [2.24, 2.45) is 11.8 Å². The van der Waals surface area contributed by atoms with E-state index in [9.17, 15) is 4.39 Å². The quantitative estimate of drug-likeness (QED) is 0.394. The summed E-state index contributed by atoms with van der Waals surface area (Å²) in [5.41, 5.74) is 6.02. The first-order valence-electron chi connectivity index (χ1n) is 12.8. The number of ether oxygens (including phenoxy) is 3. The van der Waals surface area contributed by atoms with Gasteiger partial charge in [-0.2, -0.15) is 0 Å². The zero-order chi connectivity index (χ0) is 26.2. The first-order chi connectivity index (χ1) is 18.0. The molecule has 2 aliphatic rings. The monoisotopic (exact) mass is 507 g/mol. The van der Waals surface area contributed by atoms with Gasteiger partial charge in [-0.25, -0.2) is 9.37 Å². The van der Waals surface area contributed by atoms with Gasteiger partial charge in [0.1, 0.15) is 18.2 Å². The molecule has 1 aliphatic carbocycles. The molecule has 2 aromatic carbocycles. The predicted molar refractivity (Wildman–Crippen MR) is 139 cm³/mol. The Morgan fingerprint density at radius 3 is 2.57 bits per heavy atom. The van der Waals surface area contributed by atoms with E-state index in [1.807, 2.05) is 31.2 Å². The van der Waals surface area contributed by atoms with E-state index < -0.39 is 0 Å². The number of hydrogen-bond acceptors (Lipinski definition) is 5. The minimum Gasteiger partial charge on any atom is -0.489 e. The summed E-state index contributed by atoms with van der Waals surface area (Å²) in [7, 11) is 0. The zero-order valence-electron chi connectivity index (χ0n) is 21.4. The number of rotatable bonds is 7. The lowest BCUT2D eigenvalue weighted by Gasteiger charge is -2.22. The van der Waals surface area contributed by atoms with E-state index in [-0.39, 0.29) is 18.9 Å². The number of carboxylic acid groups (broad SMARTS) is 1. The summed E-state index contributed by atoms with van der Waals surface area (Å²) in [5, 5.41) is 6.89. The number of carbonyl (C=O) groups is 1. The molecule has 0 unspecified atom stereocenters. The van der Waals surface area contributed by atoms with Gasteiger partial charge in [-0.15, -0.1) is 0 Å². The number of hydrogen-bond donors (Lipinski definition) is 1. The molecular weight excluding hydrogens is 473 g/mol. The molecule has 2 heterocycles. The van der Waals surface area contributed by atoms with Crippen molar-refractivity contribution in [2.45, 2.75) is 46.1 Å². The van der Waals surface area contributed by atoms with E-state index >= 15 is 0 Å². The van der Waals surface area contributed by atoms with Crippen LogP contribution in [0.2, 0.25) is 0 Å². The maximum Gasteiger partial charge on any atom is 0.290 e. The Bertz CT molecular complexity index is 1210. The Balaban J connectivity index is 0.00000102. The lowest BCUT2D eigenvalue weighted by atomic mass is 10.0. The highest BCUT2D eigenvalue weighted by Gasteiger charge is 2.18. The molecule has 1 fully saturated rings. The molecule has 1 N–H and O–H groups in total. The predicted octanol–water partition coefficient (Wildman–Crippen LogP) is 6.02. The van der Waals surface area contributed by atoms with Gasteiger partial charge in [0.25, 0.3) is 6.47 Å². The van der Waals surface area contributed by atoms with Crippen LogP contribution in [0, 0.1) is 24.6 Å². The van der Waals surface area contributed by atoms with E-state index in [4.69, 9.17) is 24.1 Å². The van der Waals surface area contributed by atoms with Crippen molar-refractivity contribution in [1.82, 2.24) is 4.98 Å². The van der Waals surface area contributed by atoms with Crippen LogP contribution in [0.1, 0.15) is 42.1 Å². The second-order valence-electron chi connectivity index (χ2n) is 9.79. The highest BCUT2D eigenvalue weighted by molar-refractivity contribution is 5.67. The molecule has 5 rings (SSSR count). The van der Waals surface area contributed by atoms with E-state index in [1.165, 1.54) is 17.2 Å². The van der Waals surface area contributed by atoms with Crippen LogP contribution in [0.25, 0.3) is 11.1 Å². The number of fused-ring (bicyclic) bond motifs is 1. The van der Waals surface area contributed by atoms with E-state index in [0.717, 1.165) is 61.5 Å². The third kappa shape index (κ3) is 7.07. The fourth-order valence-electron chi connectivity index (χ4n) is 4.96. The molecular formula is C30H34FNO5. The molecule has 196 valence electrons. The Labute approximate surface area is 217 Å². The van der Waals surface area contributed by atoms with Gasteiger partial charge >= 0.3 is 0 Å². The number of aromatic nitrogens is 1. The van der Waals surface area contributed by atoms with Crippen LogP contribution in [-0.2, 0) is 29.0 Å². The Hall–Kier alpha value is -3.45. The molecule has 0 saturated carbocycles. The third-order valence-corrected chi connectivity index (χ3v) is 6.93. The molecule has 0 radical (unpaired) electrons. The molecule has 0 amide bonds. The highest BCUT2D eigenvalue weighted by Crippen LogP contribution is 2.31. The second kappa shape index (κ2) is 12.7. The van der Waals surface area contributed by atoms with Crippen LogP contribution >= 0.6 is 0 Å². The molecule has 1 saturated heterocycles. The first-order valence-corrected chi connectivity index (χ1v) is 12.8. The van der Waals surface area contributed by atoms with Crippen LogP contribution < -0.4 is 9.47 Å². The van der Waals surface area contributed by atoms with Crippen molar-refractivity contribution < 1.29 is 28.5 Å². The van der Waals surface area contributed by atoms with Gasteiger partial charge in [-0.3, -0.25) is 4.79 Å². The summed E-state index contributed by atoms with van der Waals surface area (Å²) in [4.78, 5) is 13.0. The second-order valence-corrected chi connectivity index (χ2v) is 9.79. The number of pyridine rings is 1. The van der Waals surface area contributed by atoms with Crippen molar-refractivity contribution in [3.05, 3.63) is 76.7 Å². The van der Waals surface area contributed by atoms with Crippen molar-refractivity contribution in [3.63, 3.8) is 0 Å². The third-order valence-electron chi connectivity index (χ3n) is 6.93. The van der Waals surface area contributed by atoms with Crippen molar-refractivity contribution in [2.75, 3.05) is 19.8 Å². The number of halogens is 1. The van der Waals surface area contributed by atoms with Crippen LogP contribution in [-0.4, -0.2) is 36.4 Å². The fourth-order valence-corrected chi connectivity index (χ4v) is 4.96. The molecule has 1 atom stereocenters. The van der Waals surface area contributed by atoms with Gasteiger partial charge in [0.2, 0.25) is 5.88 Å². The summed E-state index contributed by atoms with van der Waals surface area (Å²) in [6.45, 7) is 6.44. The standard InChI is InChI=1S/C29H32FNO3.CH2O2/c1-19-13-22-3-5-26(16-24(22)14-19)33-18-25-15-23(4-7-28(25)30)27-6-8-29(31-20(27)2)34-17-21-9-11-32-12-10-21;2-1-3/h3-8,15-16,19,21H,9-14,17-18H2,1-2H3;1H,(H,2,3)/t19-;/m1./s1. The number of nitrogens with zero attached hydrogens (tertiary/aromatic N) is 1. The maximum absolute atomic E-state index is 14.6. The Morgan fingerprint density at radius 2 is 1.81 bits per heavy atom. The lowest BCUT2D eigenvalue weighted by Crippen LogP contribution is -2.21. The molecule has 37 heavy (non-hydrogen) atoms. The normalized spacial score (nSPS) is 16.9. The fraction of sp³-hybridized carbons (Fsp3) is 0.400. The van der Waals surface area contributed by atoms with Gasteiger partial charge in [0.05, 0.1) is 6.61 Å². The first kappa shape index (κ1) is 26.6. The van der Waals surface area contributed by atoms with Gasteiger partial charge in [0.15, 0.2) is 0 Å². The minimum atomic E-state index is -0.263. The van der Waals surface area contributed by atoms with Crippen LogP contribution in [0.3, 0.4) is 0 Å². The van der Waals surface area contributed by atoms with Crippen molar-refractivity contribution in [3.8, 4) is 22.8 Å². The zero-order valence-corrected chi connectivity index (χ0v) is 21.4. The summed E-state index contributed by atoms with van der Waals surface area (Å²) >= 11 is 0. The maximum atomic E-state index is 14.6. The van der Waals surface area contributed by atoms with E-state index in [2.05, 4.69) is 24.0 Å². The van der Waals surface area contributed by atoms with Crippen LogP contribution in [0.4, 0.5) is 4.39 Å². The number of aryl methyl sites for hydroxylation is 1. The minimum absolute atomic E-state index is 0.187. The molecule has 0 spiro atoms. The molecule has 6 nitrogen and oxygen atoms in total. The van der Waals surface area contributed by atoms with Gasteiger partial charge in [0, 0.05) is 36.1 Å². The van der Waals surface area contributed by atoms with Crippen LogP contribution in [0.15, 0.2) is 48.5 Å². The summed E-state index contributed by atoms with van der Waals surface area (Å²) in [6.07, 6.45) is 4.26. The molecule has 0 bridgehead atoms. The van der Waals surface area contributed by atoms with Gasteiger partial charge < -0.3 is 19.3 Å². The SMILES string of the molecule is Cc1nc(OCC2CCOCC2)ccc1-c1ccc(F)c(COc2ccc3c(c2)C[C@H](C)C3)c1.O=CO. The summed E-state index contributed by atoms with van der Waals surface area (Å²) in [6, 6.07) is 15.3. The Morgan fingerprint density at radius 1 is 1.05 bits per heavy atom. The summed E-state index contributed by atoms with van der Waals surface area (Å²) in [5.74, 6) is 2.35. The summed E-state index contributed by atoms with van der Waals surface area (Å²) < 4.78 is 31.9. The smallest absolute Gasteiger partial charge is 0.290 e. The average Bonchev–Trinajstić information content (AvgIpc) is 3.27. The number of benzene rings is 2. The van der Waals surface area contributed by atoms with Crippen LogP contribution in [0.5, 0.6) is 11.6 Å².